The third kappa shape index (κ3) is 4.44. The topological polar surface area (TPSA) is 86.3 Å². The number of methoxy groups -OCH3 is 1. The number of aromatic nitrogens is 3. The van der Waals surface area contributed by atoms with E-state index >= 15 is 0 Å². The number of nitrogens with zero attached hydrogens (tertiary/aromatic N) is 4. The Labute approximate surface area is 209 Å². The SMILES string of the molecule is COc1cccc(-c2nc(-n3nc(C(=O)N4CCC(N)CC4)c4cc(C)ccc43)sc2C(C)C)c1. The normalized spacial score (nSPS) is 14.7. The molecule has 1 aliphatic rings. The summed E-state index contributed by atoms with van der Waals surface area (Å²) in [5.41, 5.74) is 10.4. The van der Waals surface area contributed by atoms with Crippen molar-refractivity contribution in [2.45, 2.75) is 45.6 Å². The van der Waals surface area contributed by atoms with E-state index in [4.69, 9.17) is 20.6 Å². The van der Waals surface area contributed by atoms with E-state index in [1.807, 2.05) is 52.9 Å². The van der Waals surface area contributed by atoms with Crippen LogP contribution in [0, 0.1) is 6.92 Å². The van der Waals surface area contributed by atoms with Crippen molar-refractivity contribution in [2.24, 2.45) is 5.73 Å². The van der Waals surface area contributed by atoms with Crippen LogP contribution in [0.4, 0.5) is 0 Å². The van der Waals surface area contributed by atoms with E-state index in [9.17, 15) is 4.79 Å². The molecule has 0 radical (unpaired) electrons. The number of rotatable bonds is 5. The molecule has 1 fully saturated rings. The Morgan fingerprint density at radius 2 is 1.94 bits per heavy atom. The summed E-state index contributed by atoms with van der Waals surface area (Å²) in [6, 6.07) is 14.2. The van der Waals surface area contributed by atoms with Gasteiger partial charge in [-0.25, -0.2) is 9.67 Å². The van der Waals surface area contributed by atoms with Crippen LogP contribution in [0.3, 0.4) is 0 Å². The predicted octanol–water partition coefficient (Wildman–Crippen LogP) is 5.15. The minimum atomic E-state index is -0.0418. The summed E-state index contributed by atoms with van der Waals surface area (Å²) in [4.78, 5) is 21.6. The molecule has 3 heterocycles. The molecule has 2 aromatic heterocycles. The lowest BCUT2D eigenvalue weighted by atomic mass is 10.1. The average Bonchev–Trinajstić information content (AvgIpc) is 3.46. The van der Waals surface area contributed by atoms with Crippen molar-refractivity contribution < 1.29 is 9.53 Å². The first-order valence-corrected chi connectivity index (χ1v) is 12.9. The second-order valence-electron chi connectivity index (χ2n) is 9.51. The van der Waals surface area contributed by atoms with E-state index in [1.54, 1.807) is 18.4 Å². The number of nitrogens with two attached hydrogens (primary N) is 1. The number of hydrogen-bond donors (Lipinski definition) is 1. The number of fused-ring (bicyclic) bond motifs is 1. The molecule has 8 heteroatoms. The third-order valence-electron chi connectivity index (χ3n) is 6.56. The van der Waals surface area contributed by atoms with Crippen molar-refractivity contribution in [3.05, 3.63) is 58.6 Å². The van der Waals surface area contributed by atoms with Gasteiger partial charge in [0, 0.05) is 35.0 Å². The van der Waals surface area contributed by atoms with E-state index in [0.717, 1.165) is 51.4 Å². The van der Waals surface area contributed by atoms with Gasteiger partial charge in [-0.3, -0.25) is 4.79 Å². The van der Waals surface area contributed by atoms with Gasteiger partial charge in [-0.1, -0.05) is 48.9 Å². The fourth-order valence-corrected chi connectivity index (χ4v) is 5.62. The molecule has 7 nitrogen and oxygen atoms in total. The highest BCUT2D eigenvalue weighted by Gasteiger charge is 2.27. The Bertz CT molecular complexity index is 1380. The van der Waals surface area contributed by atoms with Crippen LogP contribution < -0.4 is 10.5 Å². The number of benzene rings is 2. The summed E-state index contributed by atoms with van der Waals surface area (Å²) in [6.45, 7) is 7.69. The van der Waals surface area contributed by atoms with Crippen LogP contribution in [0.2, 0.25) is 0 Å². The Balaban J connectivity index is 1.63. The first-order valence-electron chi connectivity index (χ1n) is 12.1. The van der Waals surface area contributed by atoms with Gasteiger partial charge in [-0.2, -0.15) is 5.10 Å². The Morgan fingerprint density at radius 1 is 1.17 bits per heavy atom. The lowest BCUT2D eigenvalue weighted by molar-refractivity contribution is 0.0710. The number of ether oxygens (including phenoxy) is 1. The number of amides is 1. The number of carbonyl (C=O) groups is 1. The molecule has 1 amide bonds. The molecule has 0 bridgehead atoms. The molecule has 0 unspecified atom stereocenters. The highest BCUT2D eigenvalue weighted by Crippen LogP contribution is 2.37. The molecule has 4 aromatic rings. The van der Waals surface area contributed by atoms with Crippen molar-refractivity contribution in [2.75, 3.05) is 20.2 Å². The molecule has 0 saturated carbocycles. The first-order chi connectivity index (χ1) is 16.9. The summed E-state index contributed by atoms with van der Waals surface area (Å²) in [5, 5.41) is 6.46. The van der Waals surface area contributed by atoms with Crippen molar-refractivity contribution in [1.29, 1.82) is 0 Å². The van der Waals surface area contributed by atoms with Crippen LogP contribution in [0.5, 0.6) is 5.75 Å². The molecule has 0 atom stereocenters. The number of piperidine rings is 1. The predicted molar refractivity (Wildman–Crippen MR) is 141 cm³/mol. The summed E-state index contributed by atoms with van der Waals surface area (Å²) < 4.78 is 7.27. The Hall–Kier alpha value is -3.23. The lowest BCUT2D eigenvalue weighted by Gasteiger charge is -2.29. The minimum absolute atomic E-state index is 0.0418. The van der Waals surface area contributed by atoms with Crippen LogP contribution in [0.1, 0.15) is 53.5 Å². The molecule has 35 heavy (non-hydrogen) atoms. The monoisotopic (exact) mass is 489 g/mol. The molecule has 1 saturated heterocycles. The highest BCUT2D eigenvalue weighted by atomic mass is 32.1. The summed E-state index contributed by atoms with van der Waals surface area (Å²) >= 11 is 1.62. The maximum absolute atomic E-state index is 13.5. The van der Waals surface area contributed by atoms with E-state index in [0.29, 0.717) is 18.8 Å². The summed E-state index contributed by atoms with van der Waals surface area (Å²) in [5.74, 6) is 1.03. The van der Waals surface area contributed by atoms with Gasteiger partial charge in [-0.15, -0.1) is 0 Å². The first kappa shape index (κ1) is 23.5. The second kappa shape index (κ2) is 9.43. The van der Waals surface area contributed by atoms with Gasteiger partial charge in [0.1, 0.15) is 5.75 Å². The van der Waals surface area contributed by atoms with Crippen LogP contribution in [0.15, 0.2) is 42.5 Å². The molecular formula is C27H31N5O2S. The number of thiazole rings is 1. The molecule has 0 aliphatic carbocycles. The quantitative estimate of drug-likeness (QED) is 0.419. The summed E-state index contributed by atoms with van der Waals surface area (Å²) in [6.07, 6.45) is 1.63. The van der Waals surface area contributed by atoms with E-state index in [1.165, 1.54) is 4.88 Å². The van der Waals surface area contributed by atoms with Gasteiger partial charge >= 0.3 is 0 Å². The Morgan fingerprint density at radius 3 is 2.66 bits per heavy atom. The average molecular weight is 490 g/mol. The standard InChI is InChI=1S/C27H31N5O2S/c1-16(2)25-23(18-6-5-7-20(15-18)34-4)29-27(35-25)32-22-9-8-17(3)14-21(22)24(30-32)26(33)31-12-10-19(28)11-13-31/h5-9,14-16,19H,10-13,28H2,1-4H3. The molecule has 1 aliphatic heterocycles. The fourth-order valence-electron chi connectivity index (χ4n) is 4.57. The second-order valence-corrected chi connectivity index (χ2v) is 10.5. The number of aryl methyl sites for hydroxylation is 1. The van der Waals surface area contributed by atoms with Crippen molar-refractivity contribution in [3.63, 3.8) is 0 Å². The summed E-state index contributed by atoms with van der Waals surface area (Å²) in [7, 11) is 1.67. The van der Waals surface area contributed by atoms with Gasteiger partial charge in [0.05, 0.1) is 18.3 Å². The molecule has 2 N–H and O–H groups in total. The zero-order valence-electron chi connectivity index (χ0n) is 20.6. The maximum atomic E-state index is 13.5. The zero-order chi connectivity index (χ0) is 24.7. The van der Waals surface area contributed by atoms with E-state index in [-0.39, 0.29) is 17.9 Å². The Kier molecular flexibility index (Phi) is 6.34. The molecular weight excluding hydrogens is 458 g/mol. The largest absolute Gasteiger partial charge is 0.497 e. The zero-order valence-corrected chi connectivity index (χ0v) is 21.4. The van der Waals surface area contributed by atoms with Gasteiger partial charge in [0.25, 0.3) is 5.91 Å². The number of carbonyl (C=O) groups excluding carboxylic acids is 1. The van der Waals surface area contributed by atoms with Crippen molar-refractivity contribution in [3.8, 4) is 22.1 Å². The molecule has 0 spiro atoms. The lowest BCUT2D eigenvalue weighted by Crippen LogP contribution is -2.43. The van der Waals surface area contributed by atoms with Crippen LogP contribution in [-0.4, -0.2) is 51.8 Å². The van der Waals surface area contributed by atoms with Crippen molar-refractivity contribution in [1.82, 2.24) is 19.7 Å². The van der Waals surface area contributed by atoms with E-state index in [2.05, 4.69) is 19.9 Å². The highest BCUT2D eigenvalue weighted by molar-refractivity contribution is 7.14. The van der Waals surface area contributed by atoms with Crippen molar-refractivity contribution >= 4 is 28.1 Å². The van der Waals surface area contributed by atoms with Crippen LogP contribution in [-0.2, 0) is 0 Å². The van der Waals surface area contributed by atoms with E-state index < -0.39 is 0 Å². The maximum Gasteiger partial charge on any atom is 0.275 e. The molecule has 2 aromatic carbocycles. The third-order valence-corrected chi connectivity index (χ3v) is 7.89. The van der Waals surface area contributed by atoms with Gasteiger partial charge < -0.3 is 15.4 Å². The van der Waals surface area contributed by atoms with Crippen LogP contribution in [0.25, 0.3) is 27.3 Å². The fraction of sp³-hybridized carbons (Fsp3) is 0.370. The number of likely N-dealkylation sites (tertiary alicyclic amines) is 1. The van der Waals surface area contributed by atoms with Gasteiger partial charge in [0.15, 0.2) is 5.69 Å². The van der Waals surface area contributed by atoms with Gasteiger partial charge in [-0.05, 0) is 49.9 Å². The molecule has 182 valence electrons. The van der Waals surface area contributed by atoms with Crippen LogP contribution >= 0.6 is 11.3 Å². The smallest absolute Gasteiger partial charge is 0.275 e. The number of hydrogen-bond acceptors (Lipinski definition) is 6. The molecule has 5 rings (SSSR count). The minimum Gasteiger partial charge on any atom is -0.497 e. The van der Waals surface area contributed by atoms with Gasteiger partial charge in [0.2, 0.25) is 5.13 Å².